The highest BCUT2D eigenvalue weighted by Gasteiger charge is 2.34. The Labute approximate surface area is 152 Å². The summed E-state index contributed by atoms with van der Waals surface area (Å²) in [6.45, 7) is 4.42. The highest BCUT2D eigenvalue weighted by molar-refractivity contribution is 5.75. The maximum Gasteiger partial charge on any atom is 0.347 e. The van der Waals surface area contributed by atoms with E-state index in [4.69, 9.17) is 9.47 Å². The van der Waals surface area contributed by atoms with Crippen LogP contribution in [0, 0.1) is 5.92 Å². The van der Waals surface area contributed by atoms with Gasteiger partial charge in [-0.25, -0.2) is 4.79 Å². The van der Waals surface area contributed by atoms with Gasteiger partial charge >= 0.3 is 5.97 Å². The first-order valence-corrected chi connectivity index (χ1v) is 10.2. The van der Waals surface area contributed by atoms with E-state index in [1.807, 2.05) is 6.92 Å². The van der Waals surface area contributed by atoms with Crippen molar-refractivity contribution >= 4 is 5.97 Å². The molecule has 2 aliphatic carbocycles. The monoisotopic (exact) mass is 344 g/mol. The summed E-state index contributed by atoms with van der Waals surface area (Å²) in [6.07, 6.45) is 10.1. The Kier molecular flexibility index (Phi) is 6.39. The Morgan fingerprint density at radius 3 is 2.84 bits per heavy atom. The molecule has 2 aliphatic rings. The Balaban J connectivity index is 1.69. The molecule has 0 heterocycles. The lowest BCUT2D eigenvalue weighted by Crippen LogP contribution is -2.29. The SMILES string of the molecule is CCCCCC(Oc1ccc2c(c1)CC1CCCCC21)C(=O)OCC. The van der Waals surface area contributed by atoms with Gasteiger partial charge in [-0.3, -0.25) is 0 Å². The number of ether oxygens (including phenoxy) is 2. The quantitative estimate of drug-likeness (QED) is 0.467. The number of hydrogen-bond donors (Lipinski definition) is 0. The van der Waals surface area contributed by atoms with Gasteiger partial charge in [-0.15, -0.1) is 0 Å². The third-order valence-electron chi connectivity index (χ3n) is 5.80. The zero-order valence-corrected chi connectivity index (χ0v) is 15.8. The van der Waals surface area contributed by atoms with Crippen molar-refractivity contribution in [2.45, 2.75) is 83.7 Å². The highest BCUT2D eigenvalue weighted by atomic mass is 16.6. The Hall–Kier alpha value is -1.51. The molecule has 0 amide bonds. The summed E-state index contributed by atoms with van der Waals surface area (Å²) >= 11 is 0. The molecule has 3 nitrogen and oxygen atoms in total. The van der Waals surface area contributed by atoms with Crippen molar-refractivity contribution in [2.75, 3.05) is 6.61 Å². The van der Waals surface area contributed by atoms with E-state index < -0.39 is 6.10 Å². The average Bonchev–Trinajstić information content (AvgIpc) is 2.99. The fourth-order valence-corrected chi connectivity index (χ4v) is 4.54. The molecule has 3 heteroatoms. The van der Waals surface area contributed by atoms with E-state index in [1.165, 1.54) is 43.2 Å². The molecule has 0 aromatic heterocycles. The van der Waals surface area contributed by atoms with Crippen LogP contribution >= 0.6 is 0 Å². The van der Waals surface area contributed by atoms with Crippen LogP contribution in [0.5, 0.6) is 5.75 Å². The van der Waals surface area contributed by atoms with Crippen LogP contribution in [0.1, 0.15) is 82.3 Å². The maximum absolute atomic E-state index is 12.2. The van der Waals surface area contributed by atoms with Gasteiger partial charge in [0.05, 0.1) is 6.61 Å². The predicted octanol–water partition coefficient (Wildman–Crippen LogP) is 5.41. The van der Waals surface area contributed by atoms with Crippen LogP contribution in [-0.4, -0.2) is 18.7 Å². The van der Waals surface area contributed by atoms with E-state index >= 15 is 0 Å². The van der Waals surface area contributed by atoms with Crippen molar-refractivity contribution in [3.8, 4) is 5.75 Å². The standard InChI is InChI=1S/C22H32O3/c1-3-5-6-11-21(22(23)24-4-2)25-18-12-13-20-17(15-18)14-16-9-7-8-10-19(16)20/h12-13,15-16,19,21H,3-11,14H2,1-2H3. The average molecular weight is 344 g/mol. The smallest absolute Gasteiger partial charge is 0.347 e. The molecule has 1 aromatic carbocycles. The lowest BCUT2D eigenvalue weighted by atomic mass is 9.80. The second-order valence-electron chi connectivity index (χ2n) is 7.57. The topological polar surface area (TPSA) is 35.5 Å². The number of rotatable bonds is 8. The Bertz CT molecular complexity index is 581. The summed E-state index contributed by atoms with van der Waals surface area (Å²) in [5.74, 6) is 2.17. The minimum Gasteiger partial charge on any atom is -0.479 e. The third kappa shape index (κ3) is 4.37. The van der Waals surface area contributed by atoms with Gasteiger partial charge in [0.2, 0.25) is 0 Å². The van der Waals surface area contributed by atoms with Gasteiger partial charge in [-0.1, -0.05) is 38.7 Å². The summed E-state index contributed by atoms with van der Waals surface area (Å²) in [4.78, 5) is 12.2. The molecule has 0 saturated heterocycles. The van der Waals surface area contributed by atoms with Gasteiger partial charge in [0.1, 0.15) is 5.75 Å². The third-order valence-corrected chi connectivity index (χ3v) is 5.80. The van der Waals surface area contributed by atoms with Crippen molar-refractivity contribution < 1.29 is 14.3 Å². The summed E-state index contributed by atoms with van der Waals surface area (Å²) < 4.78 is 11.3. The summed E-state index contributed by atoms with van der Waals surface area (Å²) in [5, 5.41) is 0. The fourth-order valence-electron chi connectivity index (χ4n) is 4.54. The van der Waals surface area contributed by atoms with Crippen molar-refractivity contribution in [2.24, 2.45) is 5.92 Å². The summed E-state index contributed by atoms with van der Waals surface area (Å²) in [6, 6.07) is 6.48. The van der Waals surface area contributed by atoms with Gasteiger partial charge in [0, 0.05) is 0 Å². The largest absolute Gasteiger partial charge is 0.479 e. The van der Waals surface area contributed by atoms with Gasteiger partial charge < -0.3 is 9.47 Å². The number of fused-ring (bicyclic) bond motifs is 3. The van der Waals surface area contributed by atoms with Crippen molar-refractivity contribution in [3.05, 3.63) is 29.3 Å². The summed E-state index contributed by atoms with van der Waals surface area (Å²) in [5.41, 5.74) is 2.96. The van der Waals surface area contributed by atoms with Crippen molar-refractivity contribution in [3.63, 3.8) is 0 Å². The molecule has 3 rings (SSSR count). The molecule has 3 atom stereocenters. The lowest BCUT2D eigenvalue weighted by molar-refractivity contribution is -0.151. The van der Waals surface area contributed by atoms with E-state index in [0.29, 0.717) is 6.61 Å². The molecule has 138 valence electrons. The van der Waals surface area contributed by atoms with Crippen LogP contribution in [0.15, 0.2) is 18.2 Å². The maximum atomic E-state index is 12.2. The van der Waals surface area contributed by atoms with Crippen LogP contribution in [-0.2, 0) is 16.0 Å². The first kappa shape index (κ1) is 18.3. The molecule has 0 aliphatic heterocycles. The molecule has 0 radical (unpaired) electrons. The highest BCUT2D eigenvalue weighted by Crippen LogP contribution is 2.47. The zero-order valence-electron chi connectivity index (χ0n) is 15.8. The number of unbranched alkanes of at least 4 members (excludes halogenated alkanes) is 2. The summed E-state index contributed by atoms with van der Waals surface area (Å²) in [7, 11) is 0. The van der Waals surface area contributed by atoms with E-state index in [9.17, 15) is 4.79 Å². The second-order valence-corrected chi connectivity index (χ2v) is 7.57. The predicted molar refractivity (Wildman–Crippen MR) is 100 cm³/mol. The first-order valence-electron chi connectivity index (χ1n) is 10.2. The molecule has 0 N–H and O–H groups in total. The molecule has 3 unspecified atom stereocenters. The number of benzene rings is 1. The molecular formula is C22H32O3. The molecule has 0 bridgehead atoms. The van der Waals surface area contributed by atoms with Crippen molar-refractivity contribution in [1.29, 1.82) is 0 Å². The van der Waals surface area contributed by atoms with E-state index in [-0.39, 0.29) is 5.97 Å². The number of carbonyl (C=O) groups excluding carboxylic acids is 1. The number of hydrogen-bond acceptors (Lipinski definition) is 3. The van der Waals surface area contributed by atoms with Gasteiger partial charge in [0.15, 0.2) is 6.10 Å². The number of carbonyl (C=O) groups is 1. The van der Waals surface area contributed by atoms with Gasteiger partial charge in [0.25, 0.3) is 0 Å². The second kappa shape index (κ2) is 8.73. The molecule has 1 aromatic rings. The van der Waals surface area contributed by atoms with Crippen LogP contribution in [0.25, 0.3) is 0 Å². The van der Waals surface area contributed by atoms with Gasteiger partial charge in [-0.2, -0.15) is 0 Å². The van der Waals surface area contributed by atoms with Crippen molar-refractivity contribution in [1.82, 2.24) is 0 Å². The van der Waals surface area contributed by atoms with Crippen LogP contribution in [0.2, 0.25) is 0 Å². The van der Waals surface area contributed by atoms with E-state index in [1.54, 1.807) is 0 Å². The normalized spacial score (nSPS) is 22.8. The molecule has 0 spiro atoms. The molecule has 1 fully saturated rings. The van der Waals surface area contributed by atoms with Crippen LogP contribution in [0.3, 0.4) is 0 Å². The van der Waals surface area contributed by atoms with Crippen LogP contribution in [0.4, 0.5) is 0 Å². The Morgan fingerprint density at radius 1 is 1.20 bits per heavy atom. The number of esters is 1. The lowest BCUT2D eigenvalue weighted by Gasteiger charge is -2.25. The minimum absolute atomic E-state index is 0.229. The zero-order chi connectivity index (χ0) is 17.6. The van der Waals surface area contributed by atoms with E-state index in [2.05, 4.69) is 25.1 Å². The fraction of sp³-hybridized carbons (Fsp3) is 0.682. The van der Waals surface area contributed by atoms with Gasteiger partial charge in [-0.05, 0) is 74.1 Å². The molecule has 1 saturated carbocycles. The molecular weight excluding hydrogens is 312 g/mol. The minimum atomic E-state index is -0.478. The first-order chi connectivity index (χ1) is 12.2. The van der Waals surface area contributed by atoms with Crippen LogP contribution < -0.4 is 4.74 Å². The Morgan fingerprint density at radius 2 is 2.04 bits per heavy atom. The van der Waals surface area contributed by atoms with E-state index in [0.717, 1.165) is 43.3 Å². The molecule has 25 heavy (non-hydrogen) atoms.